The fraction of sp³-hybridized carbons (Fsp3) is 0.458. The van der Waals surface area contributed by atoms with Crippen molar-refractivity contribution in [1.82, 2.24) is 9.80 Å². The van der Waals surface area contributed by atoms with Crippen molar-refractivity contribution in [3.05, 3.63) is 66.2 Å². The summed E-state index contributed by atoms with van der Waals surface area (Å²) in [5.41, 5.74) is 2.43. The molecule has 0 N–H and O–H groups in total. The quantitative estimate of drug-likeness (QED) is 0.741. The Labute approximate surface area is 168 Å². The van der Waals surface area contributed by atoms with Gasteiger partial charge in [-0.05, 0) is 44.0 Å². The Bertz CT molecular complexity index is 760. The number of hydrogen-bond donors (Lipinski definition) is 0. The molecule has 2 aromatic carbocycles. The van der Waals surface area contributed by atoms with Crippen LogP contribution in [0.4, 0.5) is 5.69 Å². The molecular formula is C24H31N3O. The van der Waals surface area contributed by atoms with Crippen LogP contribution in [0.15, 0.2) is 60.7 Å². The van der Waals surface area contributed by atoms with Crippen LogP contribution in [-0.4, -0.2) is 61.5 Å². The van der Waals surface area contributed by atoms with Crippen molar-refractivity contribution in [1.29, 1.82) is 0 Å². The van der Waals surface area contributed by atoms with Crippen molar-refractivity contribution in [2.75, 3.05) is 44.7 Å². The highest BCUT2D eigenvalue weighted by atomic mass is 16.2. The SMILES string of the molecule is CN1CCN(CCc2ccccc2)CC1CN(C(=O)C1CC1)c1ccccc1. The Hall–Kier alpha value is -2.17. The summed E-state index contributed by atoms with van der Waals surface area (Å²) in [6.45, 7) is 5.03. The molecule has 0 aromatic heterocycles. The van der Waals surface area contributed by atoms with Crippen LogP contribution in [0.5, 0.6) is 0 Å². The van der Waals surface area contributed by atoms with E-state index in [0.29, 0.717) is 11.9 Å². The first-order valence-electron chi connectivity index (χ1n) is 10.5. The number of anilines is 1. The Morgan fingerprint density at radius 2 is 1.68 bits per heavy atom. The normalized spacial score (nSPS) is 20.8. The maximum Gasteiger partial charge on any atom is 0.230 e. The lowest BCUT2D eigenvalue weighted by molar-refractivity contribution is -0.120. The van der Waals surface area contributed by atoms with Gasteiger partial charge in [0.2, 0.25) is 5.91 Å². The van der Waals surface area contributed by atoms with E-state index < -0.39 is 0 Å². The summed E-state index contributed by atoms with van der Waals surface area (Å²) in [4.78, 5) is 20.0. The molecule has 1 unspecified atom stereocenters. The van der Waals surface area contributed by atoms with Crippen LogP contribution < -0.4 is 4.90 Å². The van der Waals surface area contributed by atoms with Gasteiger partial charge in [-0.1, -0.05) is 48.5 Å². The predicted molar refractivity (Wildman–Crippen MR) is 115 cm³/mol. The van der Waals surface area contributed by atoms with Gasteiger partial charge in [0, 0.05) is 50.4 Å². The fourth-order valence-corrected chi connectivity index (χ4v) is 4.03. The van der Waals surface area contributed by atoms with E-state index in [0.717, 1.165) is 57.7 Å². The lowest BCUT2D eigenvalue weighted by Gasteiger charge is -2.41. The fourth-order valence-electron chi connectivity index (χ4n) is 4.03. The molecule has 4 heteroatoms. The van der Waals surface area contributed by atoms with Crippen molar-refractivity contribution >= 4 is 11.6 Å². The molecule has 1 saturated heterocycles. The van der Waals surface area contributed by atoms with Crippen LogP contribution in [0, 0.1) is 5.92 Å². The van der Waals surface area contributed by atoms with Gasteiger partial charge >= 0.3 is 0 Å². The molecule has 1 aliphatic heterocycles. The lowest BCUT2D eigenvalue weighted by atomic mass is 10.1. The number of hydrogen-bond acceptors (Lipinski definition) is 3. The number of carbonyl (C=O) groups excluding carboxylic acids is 1. The number of para-hydroxylation sites is 1. The van der Waals surface area contributed by atoms with E-state index in [1.165, 1.54) is 5.56 Å². The van der Waals surface area contributed by atoms with Gasteiger partial charge in [-0.25, -0.2) is 0 Å². The largest absolute Gasteiger partial charge is 0.311 e. The standard InChI is InChI=1S/C24H31N3O/c1-25-16-17-26(15-14-20-8-4-2-5-9-20)18-23(25)19-27(24(28)21-12-13-21)22-10-6-3-7-11-22/h2-11,21,23H,12-19H2,1H3. The van der Waals surface area contributed by atoms with E-state index in [1.54, 1.807) is 0 Å². The van der Waals surface area contributed by atoms with Gasteiger partial charge in [-0.3, -0.25) is 9.69 Å². The zero-order chi connectivity index (χ0) is 19.3. The molecule has 1 amide bonds. The Kier molecular flexibility index (Phi) is 6.08. The average molecular weight is 378 g/mol. The summed E-state index contributed by atoms with van der Waals surface area (Å²) >= 11 is 0. The minimum Gasteiger partial charge on any atom is -0.311 e. The summed E-state index contributed by atoms with van der Waals surface area (Å²) in [7, 11) is 2.20. The first-order valence-corrected chi connectivity index (χ1v) is 10.5. The minimum absolute atomic E-state index is 0.239. The monoisotopic (exact) mass is 377 g/mol. The van der Waals surface area contributed by atoms with Crippen molar-refractivity contribution in [3.63, 3.8) is 0 Å². The molecule has 148 valence electrons. The number of benzene rings is 2. The molecule has 1 atom stereocenters. The van der Waals surface area contributed by atoms with Crippen molar-refractivity contribution < 1.29 is 4.79 Å². The number of amides is 1. The molecule has 1 saturated carbocycles. The second-order valence-corrected chi connectivity index (χ2v) is 8.23. The highest BCUT2D eigenvalue weighted by Crippen LogP contribution is 2.33. The van der Waals surface area contributed by atoms with E-state index in [1.807, 2.05) is 23.1 Å². The van der Waals surface area contributed by atoms with Crippen LogP contribution in [0.2, 0.25) is 0 Å². The summed E-state index contributed by atoms with van der Waals surface area (Å²) in [6.07, 6.45) is 3.18. The van der Waals surface area contributed by atoms with E-state index in [2.05, 4.69) is 59.3 Å². The maximum atomic E-state index is 13.0. The third-order valence-corrected chi connectivity index (χ3v) is 6.07. The molecule has 0 spiro atoms. The topological polar surface area (TPSA) is 26.8 Å². The Morgan fingerprint density at radius 3 is 2.36 bits per heavy atom. The summed E-state index contributed by atoms with van der Waals surface area (Å²) in [5, 5.41) is 0. The molecule has 2 fully saturated rings. The molecule has 2 aromatic rings. The Balaban J connectivity index is 1.41. The van der Waals surface area contributed by atoms with Gasteiger partial charge < -0.3 is 9.80 Å². The predicted octanol–water partition coefficient (Wildman–Crippen LogP) is 3.29. The van der Waals surface area contributed by atoms with Crippen molar-refractivity contribution in [2.45, 2.75) is 25.3 Å². The minimum atomic E-state index is 0.239. The second kappa shape index (κ2) is 8.89. The van der Waals surface area contributed by atoms with Crippen molar-refractivity contribution in [3.8, 4) is 0 Å². The number of carbonyl (C=O) groups is 1. The smallest absolute Gasteiger partial charge is 0.230 e. The van der Waals surface area contributed by atoms with Gasteiger partial charge in [0.1, 0.15) is 0 Å². The molecule has 2 aliphatic rings. The van der Waals surface area contributed by atoms with Crippen LogP contribution >= 0.6 is 0 Å². The molecule has 0 bridgehead atoms. The van der Waals surface area contributed by atoms with Crippen LogP contribution in [0.1, 0.15) is 18.4 Å². The summed E-state index contributed by atoms with van der Waals surface area (Å²) in [6, 6.07) is 21.3. The number of nitrogens with zero attached hydrogens (tertiary/aromatic N) is 3. The Morgan fingerprint density at radius 1 is 1.00 bits per heavy atom. The van der Waals surface area contributed by atoms with E-state index >= 15 is 0 Å². The van der Waals surface area contributed by atoms with Gasteiger partial charge in [0.05, 0.1) is 0 Å². The third-order valence-electron chi connectivity index (χ3n) is 6.07. The molecule has 1 heterocycles. The van der Waals surface area contributed by atoms with E-state index in [4.69, 9.17) is 0 Å². The highest BCUT2D eigenvalue weighted by Gasteiger charge is 2.36. The summed E-state index contributed by atoms with van der Waals surface area (Å²) in [5.74, 6) is 0.546. The van der Waals surface area contributed by atoms with Crippen LogP contribution in [0.25, 0.3) is 0 Å². The number of rotatable bonds is 7. The second-order valence-electron chi connectivity index (χ2n) is 8.23. The molecule has 4 nitrogen and oxygen atoms in total. The van der Waals surface area contributed by atoms with Crippen LogP contribution in [0.3, 0.4) is 0 Å². The summed E-state index contributed by atoms with van der Waals surface area (Å²) < 4.78 is 0. The number of likely N-dealkylation sites (N-methyl/N-ethyl adjacent to an activating group) is 1. The van der Waals surface area contributed by atoms with Gasteiger partial charge in [-0.2, -0.15) is 0 Å². The molecular weight excluding hydrogens is 346 g/mol. The molecule has 0 radical (unpaired) electrons. The highest BCUT2D eigenvalue weighted by molar-refractivity contribution is 5.96. The molecule has 4 rings (SSSR count). The average Bonchev–Trinajstić information content (AvgIpc) is 3.58. The lowest BCUT2D eigenvalue weighted by Crippen LogP contribution is -2.56. The zero-order valence-electron chi connectivity index (χ0n) is 16.8. The molecule has 1 aliphatic carbocycles. The van der Waals surface area contributed by atoms with E-state index in [9.17, 15) is 4.79 Å². The van der Waals surface area contributed by atoms with Crippen molar-refractivity contribution in [2.24, 2.45) is 5.92 Å². The van der Waals surface area contributed by atoms with Gasteiger partial charge in [-0.15, -0.1) is 0 Å². The first-order chi connectivity index (χ1) is 13.7. The van der Waals surface area contributed by atoms with Crippen LogP contribution in [-0.2, 0) is 11.2 Å². The molecule has 28 heavy (non-hydrogen) atoms. The number of piperazine rings is 1. The van der Waals surface area contributed by atoms with Gasteiger partial charge in [0.15, 0.2) is 0 Å². The maximum absolute atomic E-state index is 13.0. The first kappa shape index (κ1) is 19.2. The van der Waals surface area contributed by atoms with E-state index in [-0.39, 0.29) is 5.92 Å². The zero-order valence-corrected chi connectivity index (χ0v) is 16.8. The van der Waals surface area contributed by atoms with Gasteiger partial charge in [0.25, 0.3) is 0 Å². The third kappa shape index (κ3) is 4.81.